The Kier molecular flexibility index (Phi) is 2.96. The number of nitrogens with one attached hydrogen (secondary N) is 1. The average Bonchev–Trinajstić information content (AvgIpc) is 2.40. The summed E-state index contributed by atoms with van der Waals surface area (Å²) in [7, 11) is 0. The third-order valence-corrected chi connectivity index (χ3v) is 4.89. The van der Waals surface area contributed by atoms with Crippen molar-refractivity contribution in [3.8, 4) is 0 Å². The first-order valence-electron chi connectivity index (χ1n) is 7.14. The van der Waals surface area contributed by atoms with Crippen molar-refractivity contribution >= 4 is 0 Å². The van der Waals surface area contributed by atoms with Crippen molar-refractivity contribution in [3.05, 3.63) is 35.4 Å². The summed E-state index contributed by atoms with van der Waals surface area (Å²) in [6, 6.07) is 9.05. The fraction of sp³-hybridized carbons (Fsp3) is 0.625. The first-order chi connectivity index (χ1) is 8.31. The Hall–Kier alpha value is -0.820. The van der Waals surface area contributed by atoms with E-state index in [1.165, 1.54) is 38.5 Å². The van der Waals surface area contributed by atoms with E-state index in [0.29, 0.717) is 0 Å². The van der Waals surface area contributed by atoms with Gasteiger partial charge in [0.05, 0.1) is 0 Å². The highest BCUT2D eigenvalue weighted by Gasteiger charge is 2.38. The van der Waals surface area contributed by atoms with Crippen LogP contribution in [0.15, 0.2) is 24.3 Å². The number of hydrogen-bond acceptors (Lipinski definition) is 1. The Morgan fingerprint density at radius 2 is 1.88 bits per heavy atom. The molecule has 1 N–H and O–H groups in total. The van der Waals surface area contributed by atoms with Crippen molar-refractivity contribution in [2.45, 2.75) is 51.0 Å². The molecule has 0 spiro atoms. The molecule has 17 heavy (non-hydrogen) atoms. The van der Waals surface area contributed by atoms with Crippen LogP contribution in [-0.2, 0) is 12.0 Å². The van der Waals surface area contributed by atoms with Gasteiger partial charge in [-0.05, 0) is 43.2 Å². The molecule has 0 saturated heterocycles. The molecule has 1 heterocycles. The molecule has 1 aliphatic carbocycles. The van der Waals surface area contributed by atoms with Crippen LogP contribution in [0.2, 0.25) is 0 Å². The van der Waals surface area contributed by atoms with Gasteiger partial charge in [-0.25, -0.2) is 0 Å². The lowest BCUT2D eigenvalue weighted by molar-refractivity contribution is 0.169. The fourth-order valence-electron chi connectivity index (χ4n) is 3.84. The second-order valence-corrected chi connectivity index (χ2v) is 5.87. The van der Waals surface area contributed by atoms with Crippen LogP contribution in [0.5, 0.6) is 0 Å². The van der Waals surface area contributed by atoms with Crippen LogP contribution in [0, 0.1) is 5.92 Å². The number of rotatable bonds is 1. The van der Waals surface area contributed by atoms with E-state index in [0.717, 1.165) is 12.5 Å². The summed E-state index contributed by atoms with van der Waals surface area (Å²) in [6.07, 6.45) is 8.27. The van der Waals surface area contributed by atoms with Crippen molar-refractivity contribution in [2.24, 2.45) is 5.92 Å². The molecular weight excluding hydrogens is 206 g/mol. The van der Waals surface area contributed by atoms with Gasteiger partial charge in [0.25, 0.3) is 0 Å². The van der Waals surface area contributed by atoms with Gasteiger partial charge in [-0.3, -0.25) is 0 Å². The summed E-state index contributed by atoms with van der Waals surface area (Å²) in [5.74, 6) is 0.831. The smallest absolute Gasteiger partial charge is 0.0437 e. The minimum absolute atomic E-state index is 0.231. The van der Waals surface area contributed by atoms with Crippen LogP contribution in [0.3, 0.4) is 0 Å². The molecule has 0 bridgehead atoms. The zero-order valence-electron chi connectivity index (χ0n) is 10.8. The lowest BCUT2D eigenvalue weighted by Crippen LogP contribution is -2.50. The molecule has 0 amide bonds. The highest BCUT2D eigenvalue weighted by atomic mass is 15.0. The van der Waals surface area contributed by atoms with E-state index >= 15 is 0 Å². The van der Waals surface area contributed by atoms with E-state index < -0.39 is 0 Å². The maximum absolute atomic E-state index is 3.82. The Morgan fingerprint density at radius 3 is 2.71 bits per heavy atom. The van der Waals surface area contributed by atoms with Gasteiger partial charge in [0.15, 0.2) is 0 Å². The molecule has 3 rings (SSSR count). The van der Waals surface area contributed by atoms with E-state index in [1.54, 1.807) is 11.1 Å². The zero-order chi connectivity index (χ0) is 11.7. The second-order valence-electron chi connectivity index (χ2n) is 5.87. The Morgan fingerprint density at radius 1 is 1.12 bits per heavy atom. The van der Waals surface area contributed by atoms with E-state index in [9.17, 15) is 0 Å². The monoisotopic (exact) mass is 229 g/mol. The molecule has 0 radical (unpaired) electrons. The zero-order valence-corrected chi connectivity index (χ0v) is 10.8. The lowest BCUT2D eigenvalue weighted by Gasteiger charge is -2.45. The predicted molar refractivity (Wildman–Crippen MR) is 72.1 cm³/mol. The topological polar surface area (TPSA) is 12.0 Å². The fourth-order valence-corrected chi connectivity index (χ4v) is 3.84. The van der Waals surface area contributed by atoms with E-state index in [2.05, 4.69) is 36.5 Å². The van der Waals surface area contributed by atoms with Crippen molar-refractivity contribution < 1.29 is 0 Å². The SMILES string of the molecule is C[C@@]1(C2CCCCC2)NCCc2ccccc21. The predicted octanol–water partition coefficient (Wildman–Crippen LogP) is 3.63. The summed E-state index contributed by atoms with van der Waals surface area (Å²) in [4.78, 5) is 0. The van der Waals surface area contributed by atoms with Crippen LogP contribution in [0.4, 0.5) is 0 Å². The van der Waals surface area contributed by atoms with Gasteiger partial charge >= 0.3 is 0 Å². The van der Waals surface area contributed by atoms with E-state index in [-0.39, 0.29) is 5.54 Å². The van der Waals surface area contributed by atoms with Crippen molar-refractivity contribution in [1.82, 2.24) is 5.32 Å². The molecule has 2 aliphatic rings. The summed E-state index contributed by atoms with van der Waals surface area (Å²) in [5.41, 5.74) is 3.37. The van der Waals surface area contributed by atoms with Gasteiger partial charge in [-0.2, -0.15) is 0 Å². The third kappa shape index (κ3) is 1.91. The number of hydrogen-bond donors (Lipinski definition) is 1. The van der Waals surface area contributed by atoms with Gasteiger partial charge in [0.2, 0.25) is 0 Å². The van der Waals surface area contributed by atoms with Crippen LogP contribution >= 0.6 is 0 Å². The molecule has 1 aromatic rings. The summed E-state index contributed by atoms with van der Waals surface area (Å²) >= 11 is 0. The molecule has 1 nitrogen and oxygen atoms in total. The van der Waals surface area contributed by atoms with E-state index in [4.69, 9.17) is 0 Å². The van der Waals surface area contributed by atoms with Crippen LogP contribution in [0.25, 0.3) is 0 Å². The Labute approximate surface area is 105 Å². The van der Waals surface area contributed by atoms with Crippen molar-refractivity contribution in [3.63, 3.8) is 0 Å². The molecule has 0 unspecified atom stereocenters. The van der Waals surface area contributed by atoms with Gasteiger partial charge < -0.3 is 5.32 Å². The molecular formula is C16H23N. The average molecular weight is 229 g/mol. The standard InChI is InChI=1S/C16H23N/c1-16(14-8-3-2-4-9-14)15-10-6-5-7-13(15)11-12-17-16/h5-7,10,14,17H,2-4,8-9,11-12H2,1H3/t16-/m0/s1. The normalized spacial score (nSPS) is 29.9. The van der Waals surface area contributed by atoms with Gasteiger partial charge in [-0.15, -0.1) is 0 Å². The maximum Gasteiger partial charge on any atom is 0.0437 e. The van der Waals surface area contributed by atoms with Crippen LogP contribution < -0.4 is 5.32 Å². The molecule has 1 aromatic carbocycles. The quantitative estimate of drug-likeness (QED) is 0.775. The molecule has 1 atom stereocenters. The van der Waals surface area contributed by atoms with Crippen molar-refractivity contribution in [1.29, 1.82) is 0 Å². The number of fused-ring (bicyclic) bond motifs is 1. The first-order valence-corrected chi connectivity index (χ1v) is 7.14. The highest BCUT2D eigenvalue weighted by Crippen LogP contribution is 2.41. The van der Waals surface area contributed by atoms with Crippen molar-refractivity contribution in [2.75, 3.05) is 6.54 Å². The summed E-state index contributed by atoms with van der Waals surface area (Å²) in [6.45, 7) is 3.57. The second kappa shape index (κ2) is 4.45. The highest BCUT2D eigenvalue weighted by molar-refractivity contribution is 5.36. The molecule has 1 heteroatoms. The third-order valence-electron chi connectivity index (χ3n) is 4.89. The first kappa shape index (κ1) is 11.3. The van der Waals surface area contributed by atoms with E-state index in [1.807, 2.05) is 0 Å². The molecule has 1 saturated carbocycles. The van der Waals surface area contributed by atoms with Gasteiger partial charge in [-0.1, -0.05) is 43.5 Å². The number of benzene rings is 1. The molecule has 1 aliphatic heterocycles. The largest absolute Gasteiger partial charge is 0.307 e. The Bertz CT molecular complexity index is 392. The minimum atomic E-state index is 0.231. The van der Waals surface area contributed by atoms with Gasteiger partial charge in [0, 0.05) is 12.1 Å². The molecule has 0 aromatic heterocycles. The van der Waals surface area contributed by atoms with Gasteiger partial charge in [0.1, 0.15) is 0 Å². The molecule has 1 fully saturated rings. The maximum atomic E-state index is 3.82. The summed E-state index contributed by atoms with van der Waals surface area (Å²) in [5, 5.41) is 3.82. The molecule has 92 valence electrons. The van der Waals surface area contributed by atoms with Crippen LogP contribution in [0.1, 0.15) is 50.2 Å². The van der Waals surface area contributed by atoms with Crippen LogP contribution in [-0.4, -0.2) is 6.54 Å². The Balaban J connectivity index is 1.96. The minimum Gasteiger partial charge on any atom is -0.307 e. The lowest BCUT2D eigenvalue weighted by atomic mass is 9.69. The summed E-state index contributed by atoms with van der Waals surface area (Å²) < 4.78 is 0.